The van der Waals surface area contributed by atoms with Crippen LogP contribution in [0.4, 0.5) is 0 Å². The van der Waals surface area contributed by atoms with Gasteiger partial charge in [-0.15, -0.1) is 13.2 Å². The second kappa shape index (κ2) is 12.0. The van der Waals surface area contributed by atoms with E-state index in [1.165, 1.54) is 5.56 Å². The molecule has 0 saturated carbocycles. The molecule has 2 nitrogen and oxygen atoms in total. The van der Waals surface area contributed by atoms with E-state index < -0.39 is 0 Å². The van der Waals surface area contributed by atoms with Crippen LogP contribution in [0.3, 0.4) is 0 Å². The summed E-state index contributed by atoms with van der Waals surface area (Å²) < 4.78 is 0. The molecule has 0 fully saturated rings. The molecule has 24 heavy (non-hydrogen) atoms. The molecule has 0 heterocycles. The first-order chi connectivity index (χ1) is 11.6. The Morgan fingerprint density at radius 2 is 1.79 bits per heavy atom. The van der Waals surface area contributed by atoms with Gasteiger partial charge in [-0.2, -0.15) is 5.06 Å². The zero-order chi connectivity index (χ0) is 17.8. The molecule has 1 rings (SSSR count). The fraction of sp³-hybridized carbons (Fsp3) is 0.545. The van der Waals surface area contributed by atoms with Gasteiger partial charge in [-0.05, 0) is 37.2 Å². The first-order valence-corrected chi connectivity index (χ1v) is 9.32. The van der Waals surface area contributed by atoms with Crippen molar-refractivity contribution in [3.63, 3.8) is 0 Å². The first-order valence-electron chi connectivity index (χ1n) is 9.32. The summed E-state index contributed by atoms with van der Waals surface area (Å²) >= 11 is 0. The van der Waals surface area contributed by atoms with Crippen molar-refractivity contribution in [1.29, 1.82) is 0 Å². The lowest BCUT2D eigenvalue weighted by molar-refractivity contribution is -0.223. The number of hydrogen-bond acceptors (Lipinski definition) is 2. The van der Waals surface area contributed by atoms with Crippen molar-refractivity contribution in [3.8, 4) is 0 Å². The molecule has 1 aromatic carbocycles. The second-order valence-electron chi connectivity index (χ2n) is 6.83. The zero-order valence-electron chi connectivity index (χ0n) is 15.8. The van der Waals surface area contributed by atoms with E-state index in [0.717, 1.165) is 38.6 Å². The van der Waals surface area contributed by atoms with E-state index in [-0.39, 0.29) is 6.10 Å². The molecule has 2 unspecified atom stereocenters. The SMILES string of the molecule is C=CCCC(CC(C)C)N(CC=C)OC(CCC)c1ccccc1. The maximum atomic E-state index is 6.51. The standard InChI is InChI=1S/C22H35NO/c1-6-9-16-21(18-19(4)5)23(17-8-3)24-22(13-7-2)20-14-11-10-12-15-20/h6,8,10-12,14-15,19,21-22H,1,3,7,9,13,16-18H2,2,4-5H3. The maximum Gasteiger partial charge on any atom is 0.104 e. The number of rotatable bonds is 13. The van der Waals surface area contributed by atoms with Crippen LogP contribution in [0.2, 0.25) is 0 Å². The highest BCUT2D eigenvalue weighted by molar-refractivity contribution is 5.17. The molecule has 0 saturated heterocycles. The van der Waals surface area contributed by atoms with Gasteiger partial charge < -0.3 is 0 Å². The van der Waals surface area contributed by atoms with Crippen LogP contribution in [0.1, 0.15) is 64.5 Å². The molecule has 2 atom stereocenters. The van der Waals surface area contributed by atoms with Gasteiger partial charge in [-0.25, -0.2) is 0 Å². The molecule has 0 radical (unpaired) electrons. The van der Waals surface area contributed by atoms with Gasteiger partial charge in [0, 0.05) is 12.6 Å². The molecular weight excluding hydrogens is 294 g/mol. The third kappa shape index (κ3) is 7.46. The predicted molar refractivity (Wildman–Crippen MR) is 105 cm³/mol. The lowest BCUT2D eigenvalue weighted by atomic mass is 9.99. The van der Waals surface area contributed by atoms with E-state index in [1.807, 2.05) is 12.2 Å². The maximum absolute atomic E-state index is 6.51. The minimum absolute atomic E-state index is 0.106. The molecule has 0 aliphatic carbocycles. The molecule has 134 valence electrons. The van der Waals surface area contributed by atoms with Gasteiger partial charge in [0.25, 0.3) is 0 Å². The minimum atomic E-state index is 0.106. The normalized spacial score (nSPS) is 13.9. The molecule has 0 aliphatic rings. The van der Waals surface area contributed by atoms with E-state index >= 15 is 0 Å². The van der Waals surface area contributed by atoms with E-state index in [0.29, 0.717) is 12.0 Å². The molecular formula is C22H35NO. The zero-order valence-corrected chi connectivity index (χ0v) is 15.8. The van der Waals surface area contributed by atoms with Crippen LogP contribution in [0, 0.1) is 5.92 Å². The monoisotopic (exact) mass is 329 g/mol. The molecule has 0 aromatic heterocycles. The molecule has 0 bridgehead atoms. The van der Waals surface area contributed by atoms with Crippen molar-refractivity contribution in [2.24, 2.45) is 5.92 Å². The van der Waals surface area contributed by atoms with Crippen molar-refractivity contribution >= 4 is 0 Å². The topological polar surface area (TPSA) is 12.5 Å². The summed E-state index contributed by atoms with van der Waals surface area (Å²) in [5, 5.41) is 2.16. The van der Waals surface area contributed by atoms with Crippen molar-refractivity contribution in [2.75, 3.05) is 6.54 Å². The Morgan fingerprint density at radius 3 is 2.33 bits per heavy atom. The number of benzene rings is 1. The number of hydrogen-bond donors (Lipinski definition) is 0. The Morgan fingerprint density at radius 1 is 1.08 bits per heavy atom. The smallest absolute Gasteiger partial charge is 0.104 e. The molecule has 0 spiro atoms. The Labute approximate surface area is 149 Å². The van der Waals surface area contributed by atoms with Crippen LogP contribution >= 0.6 is 0 Å². The van der Waals surface area contributed by atoms with Gasteiger partial charge in [-0.1, -0.05) is 69.7 Å². The highest BCUT2D eigenvalue weighted by atomic mass is 16.7. The summed E-state index contributed by atoms with van der Waals surface area (Å²) in [6.07, 6.45) is 9.37. The fourth-order valence-corrected chi connectivity index (χ4v) is 3.01. The van der Waals surface area contributed by atoms with Crippen molar-refractivity contribution < 1.29 is 4.84 Å². The average molecular weight is 330 g/mol. The summed E-state index contributed by atoms with van der Waals surface area (Å²) in [4.78, 5) is 6.51. The van der Waals surface area contributed by atoms with E-state index in [9.17, 15) is 0 Å². The van der Waals surface area contributed by atoms with Crippen molar-refractivity contribution in [1.82, 2.24) is 5.06 Å². The summed E-state index contributed by atoms with van der Waals surface area (Å²) in [7, 11) is 0. The van der Waals surface area contributed by atoms with Gasteiger partial charge >= 0.3 is 0 Å². The number of allylic oxidation sites excluding steroid dienone is 1. The van der Waals surface area contributed by atoms with Gasteiger partial charge in [-0.3, -0.25) is 4.84 Å². The third-order valence-electron chi connectivity index (χ3n) is 4.15. The summed E-state index contributed by atoms with van der Waals surface area (Å²) in [6, 6.07) is 10.9. The highest BCUT2D eigenvalue weighted by Crippen LogP contribution is 2.27. The summed E-state index contributed by atoms with van der Waals surface area (Å²) in [5.74, 6) is 0.636. The molecule has 0 amide bonds. The van der Waals surface area contributed by atoms with Crippen LogP contribution in [-0.4, -0.2) is 17.6 Å². The van der Waals surface area contributed by atoms with Crippen LogP contribution in [0.5, 0.6) is 0 Å². The minimum Gasteiger partial charge on any atom is -0.290 e. The average Bonchev–Trinajstić information content (AvgIpc) is 2.58. The molecule has 1 aromatic rings. The Balaban J connectivity index is 2.92. The summed E-state index contributed by atoms with van der Waals surface area (Å²) in [5.41, 5.74) is 1.25. The van der Waals surface area contributed by atoms with Crippen molar-refractivity contribution in [2.45, 2.75) is 65.0 Å². The van der Waals surface area contributed by atoms with E-state index in [2.05, 4.69) is 69.3 Å². The lowest BCUT2D eigenvalue weighted by Crippen LogP contribution is -2.37. The van der Waals surface area contributed by atoms with Gasteiger partial charge in [0.2, 0.25) is 0 Å². The highest BCUT2D eigenvalue weighted by Gasteiger charge is 2.23. The molecule has 0 N–H and O–H groups in total. The number of hydroxylamine groups is 2. The second-order valence-corrected chi connectivity index (χ2v) is 6.83. The Kier molecular flexibility index (Phi) is 10.4. The number of nitrogens with zero attached hydrogens (tertiary/aromatic N) is 1. The van der Waals surface area contributed by atoms with Crippen LogP contribution in [-0.2, 0) is 4.84 Å². The molecule has 0 aliphatic heterocycles. The van der Waals surface area contributed by atoms with E-state index in [4.69, 9.17) is 4.84 Å². The van der Waals surface area contributed by atoms with Crippen molar-refractivity contribution in [3.05, 3.63) is 61.2 Å². The lowest BCUT2D eigenvalue weighted by Gasteiger charge is -2.34. The van der Waals surface area contributed by atoms with Crippen LogP contribution in [0.25, 0.3) is 0 Å². The largest absolute Gasteiger partial charge is 0.290 e. The third-order valence-corrected chi connectivity index (χ3v) is 4.15. The quantitative estimate of drug-likeness (QED) is 0.310. The van der Waals surface area contributed by atoms with Gasteiger partial charge in [0.05, 0.1) is 0 Å². The fourth-order valence-electron chi connectivity index (χ4n) is 3.01. The van der Waals surface area contributed by atoms with Gasteiger partial charge in [0.15, 0.2) is 0 Å². The Bertz CT molecular complexity index is 454. The first kappa shape index (κ1) is 20.7. The van der Waals surface area contributed by atoms with E-state index in [1.54, 1.807) is 0 Å². The Hall–Kier alpha value is -1.38. The molecule has 2 heteroatoms. The van der Waals surface area contributed by atoms with Crippen LogP contribution in [0.15, 0.2) is 55.6 Å². The summed E-state index contributed by atoms with van der Waals surface area (Å²) in [6.45, 7) is 15.3. The van der Waals surface area contributed by atoms with Gasteiger partial charge in [0.1, 0.15) is 6.10 Å². The predicted octanol–water partition coefficient (Wildman–Crippen LogP) is 6.33. The van der Waals surface area contributed by atoms with Crippen LogP contribution < -0.4 is 0 Å².